The summed E-state index contributed by atoms with van der Waals surface area (Å²) in [5.74, 6) is -0.904. The minimum absolute atomic E-state index is 0.0766. The number of amides is 3. The molecule has 0 bridgehead atoms. The molecule has 116 valence electrons. The van der Waals surface area contributed by atoms with Gasteiger partial charge in [-0.25, -0.2) is 9.18 Å². The van der Waals surface area contributed by atoms with Crippen molar-refractivity contribution in [3.8, 4) is 0 Å². The summed E-state index contributed by atoms with van der Waals surface area (Å²) >= 11 is 0. The number of carbonyl (C=O) groups excluding carboxylic acids is 2. The second-order valence-electron chi connectivity index (χ2n) is 5.39. The molecule has 1 heterocycles. The third kappa shape index (κ3) is 3.13. The lowest BCUT2D eigenvalue weighted by Crippen LogP contribution is -2.30. The van der Waals surface area contributed by atoms with E-state index in [1.54, 1.807) is 18.2 Å². The van der Waals surface area contributed by atoms with Gasteiger partial charge in [0.2, 0.25) is 0 Å². The number of nitrogens with zero attached hydrogens (tertiary/aromatic N) is 1. The number of rotatable bonds is 3. The Kier molecular flexibility index (Phi) is 3.93. The van der Waals surface area contributed by atoms with Gasteiger partial charge in [0.15, 0.2) is 0 Å². The molecule has 2 aromatic carbocycles. The van der Waals surface area contributed by atoms with Crippen molar-refractivity contribution in [3.63, 3.8) is 0 Å². The second-order valence-corrected chi connectivity index (χ2v) is 5.39. The van der Waals surface area contributed by atoms with Crippen molar-refractivity contribution in [2.45, 2.75) is 13.5 Å². The van der Waals surface area contributed by atoms with Crippen LogP contribution in [-0.2, 0) is 11.3 Å². The molecule has 0 atom stereocenters. The monoisotopic (exact) mass is 310 g/mol. The molecule has 0 aliphatic carbocycles. The van der Waals surface area contributed by atoms with Crippen LogP contribution in [-0.4, -0.2) is 16.8 Å². The molecule has 0 radical (unpaired) electrons. The van der Waals surface area contributed by atoms with Gasteiger partial charge < -0.3 is 5.32 Å². The molecule has 1 saturated heterocycles. The van der Waals surface area contributed by atoms with E-state index in [1.165, 1.54) is 12.1 Å². The molecule has 0 unspecified atom stereocenters. The average molecular weight is 310 g/mol. The van der Waals surface area contributed by atoms with Crippen molar-refractivity contribution in [3.05, 3.63) is 76.7 Å². The lowest BCUT2D eigenvalue weighted by atomic mass is 10.1. The lowest BCUT2D eigenvalue weighted by Gasteiger charge is -2.12. The Labute approximate surface area is 133 Å². The Morgan fingerprint density at radius 2 is 1.91 bits per heavy atom. The highest BCUT2D eigenvalue weighted by Crippen LogP contribution is 2.18. The zero-order chi connectivity index (χ0) is 16.4. The van der Waals surface area contributed by atoms with Gasteiger partial charge in [0.1, 0.15) is 11.5 Å². The molecule has 1 aliphatic heterocycles. The van der Waals surface area contributed by atoms with Crippen LogP contribution in [0.25, 0.3) is 6.08 Å². The highest BCUT2D eigenvalue weighted by atomic mass is 19.1. The molecule has 0 aromatic heterocycles. The van der Waals surface area contributed by atoms with E-state index in [0.717, 1.165) is 16.0 Å². The number of hydrogen-bond donors (Lipinski definition) is 1. The Morgan fingerprint density at radius 3 is 2.65 bits per heavy atom. The molecule has 2 aromatic rings. The van der Waals surface area contributed by atoms with Gasteiger partial charge in [0.25, 0.3) is 5.91 Å². The van der Waals surface area contributed by atoms with E-state index in [2.05, 4.69) is 5.32 Å². The SMILES string of the molecule is Cc1cccc(CN2C(=O)N/C(=C/c3ccccc3F)C2=O)c1. The first-order valence-corrected chi connectivity index (χ1v) is 7.19. The fourth-order valence-electron chi connectivity index (χ4n) is 2.46. The minimum Gasteiger partial charge on any atom is -0.303 e. The van der Waals surface area contributed by atoms with Crippen molar-refractivity contribution >= 4 is 18.0 Å². The van der Waals surface area contributed by atoms with E-state index in [-0.39, 0.29) is 17.8 Å². The van der Waals surface area contributed by atoms with Gasteiger partial charge in [-0.2, -0.15) is 0 Å². The van der Waals surface area contributed by atoms with Crippen LogP contribution in [0, 0.1) is 12.7 Å². The molecule has 3 rings (SSSR count). The molecular formula is C18H15FN2O2. The van der Waals surface area contributed by atoms with Crippen molar-refractivity contribution in [1.29, 1.82) is 0 Å². The summed E-state index contributed by atoms with van der Waals surface area (Å²) in [6.07, 6.45) is 1.35. The summed E-state index contributed by atoms with van der Waals surface area (Å²) in [6, 6.07) is 13.2. The van der Waals surface area contributed by atoms with Crippen LogP contribution in [0.5, 0.6) is 0 Å². The van der Waals surface area contributed by atoms with E-state index >= 15 is 0 Å². The first-order chi connectivity index (χ1) is 11.0. The number of halogens is 1. The Hall–Kier alpha value is -2.95. The normalized spacial score (nSPS) is 16.1. The molecule has 4 nitrogen and oxygen atoms in total. The summed E-state index contributed by atoms with van der Waals surface area (Å²) in [7, 11) is 0. The molecule has 0 spiro atoms. The topological polar surface area (TPSA) is 49.4 Å². The van der Waals surface area contributed by atoms with E-state index in [0.29, 0.717) is 0 Å². The van der Waals surface area contributed by atoms with Crippen molar-refractivity contribution in [2.24, 2.45) is 0 Å². The third-order valence-corrected chi connectivity index (χ3v) is 3.59. The minimum atomic E-state index is -0.501. The van der Waals surface area contributed by atoms with E-state index < -0.39 is 17.8 Å². The van der Waals surface area contributed by atoms with Crippen LogP contribution >= 0.6 is 0 Å². The number of urea groups is 1. The number of aryl methyl sites for hydroxylation is 1. The van der Waals surface area contributed by atoms with Gasteiger partial charge in [-0.1, -0.05) is 48.0 Å². The Bertz CT molecular complexity index is 814. The van der Waals surface area contributed by atoms with Crippen molar-refractivity contribution in [1.82, 2.24) is 10.2 Å². The van der Waals surface area contributed by atoms with Crippen LogP contribution in [0.3, 0.4) is 0 Å². The Balaban J connectivity index is 1.84. The fraction of sp³-hybridized carbons (Fsp3) is 0.111. The molecule has 5 heteroatoms. The van der Waals surface area contributed by atoms with Gasteiger partial charge in [0.05, 0.1) is 6.54 Å². The zero-order valence-electron chi connectivity index (χ0n) is 12.5. The van der Waals surface area contributed by atoms with E-state index in [9.17, 15) is 14.0 Å². The van der Waals surface area contributed by atoms with E-state index in [4.69, 9.17) is 0 Å². The van der Waals surface area contributed by atoms with Gasteiger partial charge in [-0.3, -0.25) is 9.69 Å². The maximum atomic E-state index is 13.7. The van der Waals surface area contributed by atoms with Crippen LogP contribution < -0.4 is 5.32 Å². The number of imide groups is 1. The average Bonchev–Trinajstić information content (AvgIpc) is 2.77. The van der Waals surface area contributed by atoms with Crippen molar-refractivity contribution < 1.29 is 14.0 Å². The van der Waals surface area contributed by atoms with Gasteiger partial charge in [-0.05, 0) is 24.6 Å². The predicted octanol–water partition coefficient (Wildman–Crippen LogP) is 3.23. The van der Waals surface area contributed by atoms with Crippen molar-refractivity contribution in [2.75, 3.05) is 0 Å². The zero-order valence-corrected chi connectivity index (χ0v) is 12.5. The fourth-order valence-corrected chi connectivity index (χ4v) is 2.46. The standard InChI is InChI=1S/C18H15FN2O2/c1-12-5-4-6-13(9-12)11-21-17(22)16(20-18(21)23)10-14-7-2-3-8-15(14)19/h2-10H,11H2,1H3,(H,20,23)/b16-10+. The molecule has 1 aliphatic rings. The van der Waals surface area contributed by atoms with Gasteiger partial charge in [0, 0.05) is 5.56 Å². The summed E-state index contributed by atoms with van der Waals surface area (Å²) in [5, 5.41) is 2.50. The van der Waals surface area contributed by atoms with Crippen LogP contribution in [0.15, 0.2) is 54.2 Å². The van der Waals surface area contributed by atoms with Gasteiger partial charge >= 0.3 is 6.03 Å². The second kappa shape index (κ2) is 6.04. The summed E-state index contributed by atoms with van der Waals surface area (Å²) in [5.41, 5.74) is 2.25. The first-order valence-electron chi connectivity index (χ1n) is 7.19. The molecule has 1 fully saturated rings. The maximum Gasteiger partial charge on any atom is 0.329 e. The smallest absolute Gasteiger partial charge is 0.303 e. The lowest BCUT2D eigenvalue weighted by molar-refractivity contribution is -0.123. The van der Waals surface area contributed by atoms with Gasteiger partial charge in [-0.15, -0.1) is 0 Å². The molecule has 23 heavy (non-hydrogen) atoms. The quantitative estimate of drug-likeness (QED) is 0.699. The summed E-state index contributed by atoms with van der Waals surface area (Å²) in [4.78, 5) is 25.5. The first kappa shape index (κ1) is 15.0. The van der Waals surface area contributed by atoms with Crippen LogP contribution in [0.4, 0.5) is 9.18 Å². The van der Waals surface area contributed by atoms with Crippen LogP contribution in [0.1, 0.15) is 16.7 Å². The van der Waals surface area contributed by atoms with E-state index in [1.807, 2.05) is 31.2 Å². The summed E-state index contributed by atoms with van der Waals surface area (Å²) < 4.78 is 13.7. The van der Waals surface area contributed by atoms with Crippen LogP contribution in [0.2, 0.25) is 0 Å². The molecule has 0 saturated carbocycles. The maximum absolute atomic E-state index is 13.7. The number of hydrogen-bond acceptors (Lipinski definition) is 2. The molecular weight excluding hydrogens is 295 g/mol. The number of nitrogens with one attached hydrogen (secondary N) is 1. The molecule has 1 N–H and O–H groups in total. The third-order valence-electron chi connectivity index (χ3n) is 3.59. The number of benzene rings is 2. The largest absolute Gasteiger partial charge is 0.329 e. The predicted molar refractivity (Wildman–Crippen MR) is 84.6 cm³/mol. The molecule has 3 amide bonds. The Morgan fingerprint density at radius 1 is 1.13 bits per heavy atom. The summed E-state index contributed by atoms with van der Waals surface area (Å²) in [6.45, 7) is 2.12. The highest BCUT2D eigenvalue weighted by molar-refractivity contribution is 6.13. The number of carbonyl (C=O) groups is 2. The highest BCUT2D eigenvalue weighted by Gasteiger charge is 2.33.